The Labute approximate surface area is 249 Å². The lowest BCUT2D eigenvalue weighted by Gasteiger charge is -2.23. The Bertz CT molecular complexity index is 530. The first-order chi connectivity index (χ1) is 19.6. The molecule has 0 aromatic carbocycles. The van der Waals surface area contributed by atoms with Gasteiger partial charge in [0.25, 0.3) is 0 Å². The van der Waals surface area contributed by atoms with Crippen LogP contribution in [0.3, 0.4) is 0 Å². The Morgan fingerprint density at radius 3 is 1.23 bits per heavy atom. The van der Waals surface area contributed by atoms with Crippen LogP contribution in [0.1, 0.15) is 174 Å². The summed E-state index contributed by atoms with van der Waals surface area (Å²) in [6.45, 7) is 6.53. The average molecular weight is 567 g/mol. The van der Waals surface area contributed by atoms with Gasteiger partial charge in [-0.05, 0) is 25.8 Å². The van der Waals surface area contributed by atoms with E-state index < -0.39 is 6.04 Å². The van der Waals surface area contributed by atoms with Gasteiger partial charge < -0.3 is 21.7 Å². The summed E-state index contributed by atoms with van der Waals surface area (Å²) in [5, 5.41) is 2.73. The smallest absolute Gasteiger partial charge is 0.241 e. The van der Waals surface area contributed by atoms with Crippen molar-refractivity contribution in [1.29, 1.82) is 0 Å². The highest BCUT2D eigenvalue weighted by Crippen LogP contribution is 2.14. The van der Waals surface area contributed by atoms with Crippen LogP contribution in [0.15, 0.2) is 0 Å². The molecule has 5 N–H and O–H groups in total. The van der Waals surface area contributed by atoms with Gasteiger partial charge in [0, 0.05) is 13.1 Å². The summed E-state index contributed by atoms with van der Waals surface area (Å²) < 4.78 is 0. The molecule has 0 spiro atoms. The maximum Gasteiger partial charge on any atom is 0.241 e. The van der Waals surface area contributed by atoms with Crippen molar-refractivity contribution in [1.82, 2.24) is 10.2 Å². The van der Waals surface area contributed by atoms with Gasteiger partial charge in [-0.1, -0.05) is 155 Å². The average Bonchev–Trinajstić information content (AvgIpc) is 2.95. The van der Waals surface area contributed by atoms with Gasteiger partial charge in [0.2, 0.25) is 11.8 Å². The fraction of sp³-hybridized carbons (Fsp3) is 0.941. The summed E-state index contributed by atoms with van der Waals surface area (Å²) in [7, 11) is 0. The zero-order chi connectivity index (χ0) is 29.5. The lowest BCUT2D eigenvalue weighted by Crippen LogP contribution is -2.47. The topological polar surface area (TPSA) is 101 Å². The van der Waals surface area contributed by atoms with E-state index in [1.54, 1.807) is 0 Å². The number of carbonyl (C=O) groups excluding carboxylic acids is 2. The number of hydrogen-bond donors (Lipinski definition) is 3. The van der Waals surface area contributed by atoms with Gasteiger partial charge in [-0.15, -0.1) is 0 Å². The van der Waals surface area contributed by atoms with Crippen LogP contribution in [-0.4, -0.2) is 48.9 Å². The van der Waals surface area contributed by atoms with Gasteiger partial charge in [0.15, 0.2) is 0 Å². The monoisotopic (exact) mass is 567 g/mol. The van der Waals surface area contributed by atoms with Gasteiger partial charge >= 0.3 is 0 Å². The fourth-order valence-corrected chi connectivity index (χ4v) is 5.36. The lowest BCUT2D eigenvalue weighted by atomic mass is 10.0. The standard InChI is InChI=1S/C34H70N4O2/c1-3-5-7-9-11-13-15-17-19-21-23-25-29-38(33(39)31-37-34(40)32(36)27-28-35)30-26-24-22-20-18-16-14-12-10-8-6-4-2/h32H,3-31,35-36H2,1-2H3,(H,37,40). The third-order valence-corrected chi connectivity index (χ3v) is 8.14. The molecule has 238 valence electrons. The maximum atomic E-state index is 12.9. The number of rotatable bonds is 31. The Hall–Kier alpha value is -1.14. The third kappa shape index (κ3) is 25.8. The minimum Gasteiger partial charge on any atom is -0.346 e. The minimum atomic E-state index is -0.640. The molecule has 0 saturated heterocycles. The number of amides is 2. The van der Waals surface area contributed by atoms with Gasteiger partial charge in [-0.3, -0.25) is 9.59 Å². The number of nitrogens with two attached hydrogens (primary N) is 2. The molecule has 0 aliphatic rings. The second kappa shape index (κ2) is 30.8. The van der Waals surface area contributed by atoms with Crippen molar-refractivity contribution in [3.8, 4) is 0 Å². The lowest BCUT2D eigenvalue weighted by molar-refractivity contribution is -0.133. The first-order valence-electron chi connectivity index (χ1n) is 17.6. The largest absolute Gasteiger partial charge is 0.346 e. The van der Waals surface area contributed by atoms with Crippen LogP contribution in [0.5, 0.6) is 0 Å². The molecule has 0 radical (unpaired) electrons. The summed E-state index contributed by atoms with van der Waals surface area (Å²) >= 11 is 0. The van der Waals surface area contributed by atoms with Crippen molar-refractivity contribution < 1.29 is 9.59 Å². The van der Waals surface area contributed by atoms with E-state index in [0.29, 0.717) is 13.0 Å². The van der Waals surface area contributed by atoms with Crippen LogP contribution in [-0.2, 0) is 9.59 Å². The van der Waals surface area contributed by atoms with E-state index in [4.69, 9.17) is 11.5 Å². The highest BCUT2D eigenvalue weighted by atomic mass is 16.2. The Kier molecular flexibility index (Phi) is 29.9. The van der Waals surface area contributed by atoms with Crippen LogP contribution in [0, 0.1) is 0 Å². The second-order valence-corrected chi connectivity index (χ2v) is 12.1. The van der Waals surface area contributed by atoms with Crippen molar-refractivity contribution in [3.63, 3.8) is 0 Å². The molecule has 0 heterocycles. The molecule has 0 rings (SSSR count). The van der Waals surface area contributed by atoms with Crippen molar-refractivity contribution >= 4 is 11.8 Å². The predicted octanol–water partition coefficient (Wildman–Crippen LogP) is 8.01. The molecule has 1 atom stereocenters. The first-order valence-corrected chi connectivity index (χ1v) is 17.6. The molecule has 40 heavy (non-hydrogen) atoms. The van der Waals surface area contributed by atoms with Crippen molar-refractivity contribution in [2.45, 2.75) is 180 Å². The minimum absolute atomic E-state index is 0.0134. The first kappa shape index (κ1) is 38.9. The molecule has 0 aromatic rings. The van der Waals surface area contributed by atoms with E-state index in [-0.39, 0.29) is 18.4 Å². The summed E-state index contributed by atoms with van der Waals surface area (Å²) in [6, 6.07) is -0.640. The highest BCUT2D eigenvalue weighted by molar-refractivity contribution is 5.87. The van der Waals surface area contributed by atoms with Gasteiger partial charge in [0.05, 0.1) is 12.6 Å². The summed E-state index contributed by atoms with van der Waals surface area (Å²) in [5.74, 6) is -0.270. The predicted molar refractivity (Wildman–Crippen MR) is 173 cm³/mol. The van der Waals surface area contributed by atoms with Gasteiger partial charge in [-0.2, -0.15) is 0 Å². The SMILES string of the molecule is CCCCCCCCCCCCCCN(CCCCCCCCCCCCCC)C(=O)CNC(=O)C(N)CCN. The highest BCUT2D eigenvalue weighted by Gasteiger charge is 2.17. The molecule has 1 unspecified atom stereocenters. The Balaban J connectivity index is 4.16. The molecule has 0 saturated carbocycles. The van der Waals surface area contributed by atoms with E-state index in [9.17, 15) is 9.59 Å². The third-order valence-electron chi connectivity index (χ3n) is 8.14. The number of nitrogens with zero attached hydrogens (tertiary/aromatic N) is 1. The molecule has 0 bridgehead atoms. The summed E-state index contributed by atoms with van der Waals surface area (Å²) in [4.78, 5) is 27.1. The Morgan fingerprint density at radius 2 is 0.900 bits per heavy atom. The summed E-state index contributed by atoms with van der Waals surface area (Å²) in [5.41, 5.74) is 11.3. The molecular formula is C34H70N4O2. The molecule has 0 aliphatic carbocycles. The van der Waals surface area contributed by atoms with Crippen LogP contribution in [0.4, 0.5) is 0 Å². The van der Waals surface area contributed by atoms with Crippen molar-refractivity contribution in [2.24, 2.45) is 11.5 Å². The van der Waals surface area contributed by atoms with E-state index >= 15 is 0 Å². The number of hydrogen-bond acceptors (Lipinski definition) is 4. The fourth-order valence-electron chi connectivity index (χ4n) is 5.36. The molecule has 0 aromatic heterocycles. The molecule has 6 heteroatoms. The molecule has 0 fully saturated rings. The van der Waals surface area contributed by atoms with E-state index in [2.05, 4.69) is 19.2 Å². The van der Waals surface area contributed by atoms with E-state index in [1.807, 2.05) is 4.90 Å². The molecule has 2 amide bonds. The Morgan fingerprint density at radius 1 is 0.575 bits per heavy atom. The zero-order valence-electron chi connectivity index (χ0n) is 27.0. The van der Waals surface area contributed by atoms with Crippen molar-refractivity contribution in [2.75, 3.05) is 26.2 Å². The van der Waals surface area contributed by atoms with Crippen LogP contribution >= 0.6 is 0 Å². The molecular weight excluding hydrogens is 496 g/mol. The van der Waals surface area contributed by atoms with E-state index in [1.165, 1.54) is 141 Å². The number of carbonyl (C=O) groups is 2. The number of nitrogens with one attached hydrogen (secondary N) is 1. The number of unbranched alkanes of at least 4 members (excludes halogenated alkanes) is 22. The van der Waals surface area contributed by atoms with Crippen LogP contribution in [0.2, 0.25) is 0 Å². The van der Waals surface area contributed by atoms with E-state index in [0.717, 1.165) is 25.9 Å². The zero-order valence-corrected chi connectivity index (χ0v) is 27.0. The van der Waals surface area contributed by atoms with Gasteiger partial charge in [-0.25, -0.2) is 0 Å². The molecule has 0 aliphatic heterocycles. The van der Waals surface area contributed by atoms with Crippen molar-refractivity contribution in [3.05, 3.63) is 0 Å². The maximum absolute atomic E-state index is 12.9. The normalized spacial score (nSPS) is 12.0. The van der Waals surface area contributed by atoms with Crippen LogP contribution < -0.4 is 16.8 Å². The van der Waals surface area contributed by atoms with Crippen LogP contribution in [0.25, 0.3) is 0 Å². The second-order valence-electron chi connectivity index (χ2n) is 12.1. The van der Waals surface area contributed by atoms with Gasteiger partial charge in [0.1, 0.15) is 0 Å². The molecule has 6 nitrogen and oxygen atoms in total. The quantitative estimate of drug-likeness (QED) is 0.0740. The summed E-state index contributed by atoms with van der Waals surface area (Å²) in [6.07, 6.45) is 31.9.